The number of anilines is 2. The van der Waals surface area contributed by atoms with Crippen LogP contribution in [0.2, 0.25) is 0 Å². The molecule has 0 radical (unpaired) electrons. The molecular formula is C79H86N4O3+2. The molecule has 4 aromatic carbocycles. The van der Waals surface area contributed by atoms with Crippen molar-refractivity contribution in [3.05, 3.63) is 188 Å². The Morgan fingerprint density at radius 1 is 0.570 bits per heavy atom. The van der Waals surface area contributed by atoms with Crippen molar-refractivity contribution in [3.63, 3.8) is 0 Å². The number of hydrogen-bond donors (Lipinski definition) is 0. The number of allylic oxidation sites excluding steroid dienone is 8. The van der Waals surface area contributed by atoms with Crippen LogP contribution in [0.5, 0.6) is 0 Å². The quantitative estimate of drug-likeness (QED) is 0.178. The number of ketones is 1. The van der Waals surface area contributed by atoms with Crippen molar-refractivity contribution in [2.75, 3.05) is 36.0 Å². The summed E-state index contributed by atoms with van der Waals surface area (Å²) in [7, 11) is 0. The molecule has 4 aliphatic carbocycles. The summed E-state index contributed by atoms with van der Waals surface area (Å²) in [5, 5.41) is 0. The summed E-state index contributed by atoms with van der Waals surface area (Å²) < 4.78 is 20.1. The van der Waals surface area contributed by atoms with Gasteiger partial charge in [-0.05, 0) is 152 Å². The minimum absolute atomic E-state index is 0.0241. The second kappa shape index (κ2) is 16.6. The highest BCUT2D eigenvalue weighted by atomic mass is 16.5. The van der Waals surface area contributed by atoms with Crippen LogP contribution in [0.4, 0.5) is 22.7 Å². The highest BCUT2D eigenvalue weighted by Gasteiger charge is 2.62. The van der Waals surface area contributed by atoms with E-state index in [2.05, 4.69) is 217 Å². The zero-order valence-corrected chi connectivity index (χ0v) is 53.1. The zero-order chi connectivity index (χ0) is 58.9. The maximum Gasteiger partial charge on any atom is 0.209 e. The molecule has 438 valence electrons. The Morgan fingerprint density at radius 2 is 1.22 bits per heavy atom. The number of ether oxygens (including phenoxy) is 2. The first-order chi connectivity index (χ1) is 40.9. The number of para-hydroxylation sites is 2. The molecule has 18 rings (SSSR count). The summed E-state index contributed by atoms with van der Waals surface area (Å²) in [6, 6.07) is 32.8. The van der Waals surface area contributed by atoms with E-state index in [0.29, 0.717) is 17.6 Å². The molecule has 0 amide bonds. The van der Waals surface area contributed by atoms with Crippen molar-refractivity contribution in [1.82, 2.24) is 0 Å². The van der Waals surface area contributed by atoms with E-state index in [-0.39, 0.29) is 61.8 Å². The Hall–Kier alpha value is -6.41. The molecule has 7 nitrogen and oxygen atoms in total. The Kier molecular flexibility index (Phi) is 10.2. The fourth-order valence-corrected chi connectivity index (χ4v) is 21.3. The first kappa shape index (κ1) is 52.7. The number of rotatable bonds is 1. The predicted molar refractivity (Wildman–Crippen MR) is 345 cm³/mol. The molecule has 0 saturated carbocycles. The van der Waals surface area contributed by atoms with Crippen LogP contribution in [0.25, 0.3) is 11.1 Å². The largest absolute Gasteiger partial charge is 0.369 e. The van der Waals surface area contributed by atoms with Crippen LogP contribution in [0.1, 0.15) is 163 Å². The van der Waals surface area contributed by atoms with E-state index in [1.54, 1.807) is 0 Å². The molecule has 4 aromatic rings. The van der Waals surface area contributed by atoms with Gasteiger partial charge in [0, 0.05) is 117 Å². The number of carbonyl (C=O) groups excluding carboxylic acids is 1. The lowest BCUT2D eigenvalue weighted by atomic mass is 9.57. The summed E-state index contributed by atoms with van der Waals surface area (Å²) in [4.78, 5) is 20.5. The number of fused-ring (bicyclic) bond motifs is 20. The van der Waals surface area contributed by atoms with E-state index in [1.165, 1.54) is 112 Å². The van der Waals surface area contributed by atoms with Gasteiger partial charge in [-0.3, -0.25) is 4.79 Å². The Balaban J connectivity index is 0.673. The number of carbonyl (C=O) groups is 1. The average molecular weight is 1140 g/mol. The summed E-state index contributed by atoms with van der Waals surface area (Å²) in [6.07, 6.45) is 21.5. The SMILES string of the molecule is CC1(C)CC2=[N+](CC[C@H]3CC4O[C@H]5C[C@H]6CCN7C(=C6C=C5C(=O)C4C=C23)C(C)(C)c2ccc(-c3ccc4c(c3)N3CC[C@@]5(C)C[C@@]6(C)O[C@@]8(C)C[C@@]9(C)CC[N+]%10=C(C9=CC8=CC6=CC5=C3C4(C)C)C(C)(C)c3ccccc3%10)cc27)c2ccccc21. The van der Waals surface area contributed by atoms with Crippen LogP contribution in [-0.4, -0.2) is 75.9 Å². The number of Topliss-reactive ketones (excluding diaryl/α,β-unsaturated/α-hetero) is 1. The summed E-state index contributed by atoms with van der Waals surface area (Å²) >= 11 is 0. The predicted octanol–water partition coefficient (Wildman–Crippen LogP) is 16.2. The number of nitrogens with zero attached hydrogens (tertiary/aromatic N) is 4. The van der Waals surface area contributed by atoms with Crippen LogP contribution in [0, 0.1) is 28.6 Å². The van der Waals surface area contributed by atoms with Crippen molar-refractivity contribution in [1.29, 1.82) is 0 Å². The van der Waals surface area contributed by atoms with Crippen LogP contribution >= 0.6 is 0 Å². The van der Waals surface area contributed by atoms with Crippen molar-refractivity contribution >= 4 is 40.0 Å². The highest BCUT2D eigenvalue weighted by molar-refractivity contribution is 6.09. The van der Waals surface area contributed by atoms with Crippen LogP contribution < -0.4 is 9.80 Å². The first-order valence-corrected chi connectivity index (χ1v) is 33.2. The molecule has 86 heavy (non-hydrogen) atoms. The normalized spacial score (nSPS) is 35.3. The van der Waals surface area contributed by atoms with E-state index in [4.69, 9.17) is 9.47 Å². The molecular weight excluding hydrogens is 1050 g/mol. The average Bonchev–Trinajstić information content (AvgIpc) is 1.98. The highest BCUT2D eigenvalue weighted by Crippen LogP contribution is 2.65. The summed E-state index contributed by atoms with van der Waals surface area (Å²) in [6.45, 7) is 33.4. The number of benzene rings is 4. The van der Waals surface area contributed by atoms with Gasteiger partial charge >= 0.3 is 0 Å². The molecule has 14 aliphatic rings. The first-order valence-electron chi connectivity index (χ1n) is 33.2. The maximum absolute atomic E-state index is 15.2. The van der Waals surface area contributed by atoms with E-state index in [1.807, 2.05) is 0 Å². The standard InChI is InChI=1S/C79H86N4O3/c1-72(2)42-65-51-40-53-66(35-47(51)25-29-80(65)61-19-15-13-17-55(61)72)85-67-36-48-26-30-81-63-33-45(21-23-57(63)73(3,4)69(81)52(48)41-54(67)68(53)84)46-22-24-58-64(34-46)83-32-28-77(10)44-79(12)50(39-60(77)71(83)75(58,7)8)37-49-38-59-70-74(5,6)56-18-14-16-20-62(56)82(70)31-27-76(59,9)43-78(49,11)86-79/h13-24,33-34,37-41,47-48,53,66-67H,25-32,35-36,42-44H2,1-12H3/q+2/t47-,48+,53?,66?,67-,76+,77-,78-,79+/m0/s1. The van der Waals surface area contributed by atoms with Gasteiger partial charge in [0.2, 0.25) is 11.4 Å². The lowest BCUT2D eigenvalue weighted by Gasteiger charge is -2.57. The fourth-order valence-electron chi connectivity index (χ4n) is 21.3. The van der Waals surface area contributed by atoms with E-state index in [9.17, 15) is 0 Å². The van der Waals surface area contributed by atoms with Gasteiger partial charge in [0.25, 0.3) is 0 Å². The molecule has 1 saturated heterocycles. The fraction of sp³-hybridized carbons (Fsp3) is 0.481. The number of hydrogen-bond acceptors (Lipinski definition) is 5. The lowest BCUT2D eigenvalue weighted by Crippen LogP contribution is -2.56. The van der Waals surface area contributed by atoms with Gasteiger partial charge in [-0.1, -0.05) is 134 Å². The summed E-state index contributed by atoms with van der Waals surface area (Å²) in [5.41, 5.74) is 27.6. The summed E-state index contributed by atoms with van der Waals surface area (Å²) in [5.74, 6) is 0.879. The Bertz CT molecular complexity index is 4200. The topological polar surface area (TPSA) is 48.0 Å². The van der Waals surface area contributed by atoms with E-state index < -0.39 is 0 Å². The van der Waals surface area contributed by atoms with Crippen LogP contribution in [-0.2, 0) is 35.9 Å². The van der Waals surface area contributed by atoms with Gasteiger partial charge in [-0.25, -0.2) is 0 Å². The molecule has 10 aliphatic heterocycles. The van der Waals surface area contributed by atoms with Gasteiger partial charge < -0.3 is 19.3 Å². The van der Waals surface area contributed by atoms with Crippen molar-refractivity contribution in [3.8, 4) is 11.1 Å². The maximum atomic E-state index is 15.2. The second-order valence-electron chi connectivity index (χ2n) is 32.4. The monoisotopic (exact) mass is 1140 g/mol. The van der Waals surface area contributed by atoms with Crippen molar-refractivity contribution in [2.24, 2.45) is 28.6 Å². The van der Waals surface area contributed by atoms with Gasteiger partial charge in [0.15, 0.2) is 17.2 Å². The minimum Gasteiger partial charge on any atom is -0.369 e. The van der Waals surface area contributed by atoms with Crippen molar-refractivity contribution < 1.29 is 23.4 Å². The second-order valence-corrected chi connectivity index (χ2v) is 32.4. The third kappa shape index (κ3) is 6.70. The molecule has 0 bridgehead atoms. The molecule has 2 unspecified atom stereocenters. The van der Waals surface area contributed by atoms with Crippen LogP contribution in [0.3, 0.4) is 0 Å². The molecule has 9 atom stereocenters. The molecule has 10 heterocycles. The zero-order valence-electron chi connectivity index (χ0n) is 53.1. The third-order valence-corrected chi connectivity index (χ3v) is 25.4. The van der Waals surface area contributed by atoms with Gasteiger partial charge in [-0.2, -0.15) is 9.15 Å². The van der Waals surface area contributed by atoms with Gasteiger partial charge in [0.1, 0.15) is 13.1 Å². The molecule has 0 aromatic heterocycles. The molecule has 1 fully saturated rings. The molecule has 7 heteroatoms. The smallest absolute Gasteiger partial charge is 0.209 e. The minimum atomic E-state index is -0.384. The van der Waals surface area contributed by atoms with E-state index >= 15 is 4.79 Å². The molecule has 0 spiro atoms. The molecule has 0 N–H and O–H groups in total. The van der Waals surface area contributed by atoms with Crippen LogP contribution in [0.15, 0.2) is 166 Å². The third-order valence-electron chi connectivity index (χ3n) is 25.4. The van der Waals surface area contributed by atoms with Gasteiger partial charge in [0.05, 0.1) is 34.7 Å². The van der Waals surface area contributed by atoms with E-state index in [0.717, 1.165) is 89.5 Å². The van der Waals surface area contributed by atoms with Crippen molar-refractivity contribution in [2.45, 2.75) is 186 Å². The Labute approximate surface area is 510 Å². The van der Waals surface area contributed by atoms with Gasteiger partial charge in [-0.15, -0.1) is 0 Å². The Morgan fingerprint density at radius 3 is 1.95 bits per heavy atom. The lowest BCUT2D eigenvalue weighted by molar-refractivity contribution is -0.451.